The van der Waals surface area contributed by atoms with Gasteiger partial charge in [0.05, 0.1) is 19.1 Å². The Hall–Kier alpha value is -0.970. The van der Waals surface area contributed by atoms with Crippen molar-refractivity contribution in [3.63, 3.8) is 0 Å². The average Bonchev–Trinajstić information content (AvgIpc) is 2.68. The first-order valence-electron chi connectivity index (χ1n) is 5.38. The molecule has 2 rings (SSSR count). The molecule has 1 heterocycles. The Morgan fingerprint density at radius 3 is 2.88 bits per heavy atom. The Morgan fingerprint density at radius 2 is 2.29 bits per heavy atom. The first kappa shape index (κ1) is 12.5. The van der Waals surface area contributed by atoms with E-state index < -0.39 is 5.82 Å². The van der Waals surface area contributed by atoms with Crippen LogP contribution in [-0.2, 0) is 16.0 Å². The predicted molar refractivity (Wildman–Crippen MR) is 62.4 cm³/mol. The van der Waals surface area contributed by atoms with Gasteiger partial charge in [-0.2, -0.15) is 0 Å². The quantitative estimate of drug-likeness (QED) is 0.894. The number of carbonyl (C=O) groups excluding carboxylic acids is 1. The lowest BCUT2D eigenvalue weighted by atomic mass is 9.94. The molecule has 1 saturated heterocycles. The highest BCUT2D eigenvalue weighted by atomic mass is 35.5. The van der Waals surface area contributed by atoms with E-state index in [1.54, 1.807) is 0 Å². The molecule has 1 aromatic rings. The summed E-state index contributed by atoms with van der Waals surface area (Å²) in [6.07, 6.45) is 0.167. The van der Waals surface area contributed by atoms with Crippen molar-refractivity contribution in [1.29, 1.82) is 0 Å². The molecule has 0 saturated carbocycles. The Labute approximate surface area is 104 Å². The van der Waals surface area contributed by atoms with Crippen LogP contribution in [-0.4, -0.2) is 25.0 Å². The van der Waals surface area contributed by atoms with E-state index in [0.29, 0.717) is 18.8 Å². The highest BCUT2D eigenvalue weighted by Crippen LogP contribution is 2.21. The van der Waals surface area contributed by atoms with E-state index in [1.807, 2.05) is 0 Å². The summed E-state index contributed by atoms with van der Waals surface area (Å²) in [5.41, 5.74) is 6.38. The summed E-state index contributed by atoms with van der Waals surface area (Å²) < 4.78 is 18.0. The second-order valence-electron chi connectivity index (χ2n) is 4.19. The number of ether oxygens (including phenoxy) is 1. The van der Waals surface area contributed by atoms with Crippen molar-refractivity contribution in [3.05, 3.63) is 34.6 Å². The van der Waals surface area contributed by atoms with Crippen molar-refractivity contribution in [3.8, 4) is 0 Å². The lowest BCUT2D eigenvalue weighted by molar-refractivity contribution is -0.122. The van der Waals surface area contributed by atoms with E-state index in [2.05, 4.69) is 0 Å². The maximum Gasteiger partial charge on any atom is 0.144 e. The number of benzene rings is 1. The normalized spacial score (nSPS) is 23.9. The molecule has 1 aliphatic rings. The third-order valence-electron chi connectivity index (χ3n) is 2.92. The van der Waals surface area contributed by atoms with Crippen LogP contribution in [0.1, 0.15) is 5.56 Å². The molecule has 5 heteroatoms. The molecule has 0 aliphatic carbocycles. The molecule has 0 bridgehead atoms. The third-order valence-corrected chi connectivity index (χ3v) is 3.27. The molecular weight excluding hydrogens is 245 g/mol. The SMILES string of the molecule is NC1COCC1C(=O)Cc1ccc(F)cc1Cl. The molecule has 2 N–H and O–H groups in total. The average molecular weight is 258 g/mol. The van der Waals surface area contributed by atoms with Crippen LogP contribution in [0.3, 0.4) is 0 Å². The van der Waals surface area contributed by atoms with Crippen LogP contribution < -0.4 is 5.73 Å². The lowest BCUT2D eigenvalue weighted by Crippen LogP contribution is -2.34. The van der Waals surface area contributed by atoms with Gasteiger partial charge in [-0.15, -0.1) is 0 Å². The number of Topliss-reactive ketones (excluding diaryl/α,β-unsaturated/α-hetero) is 1. The van der Waals surface area contributed by atoms with Gasteiger partial charge >= 0.3 is 0 Å². The van der Waals surface area contributed by atoms with Crippen molar-refractivity contribution in [2.75, 3.05) is 13.2 Å². The van der Waals surface area contributed by atoms with Crippen molar-refractivity contribution in [2.24, 2.45) is 11.7 Å². The summed E-state index contributed by atoms with van der Waals surface area (Å²) in [6, 6.07) is 3.77. The minimum Gasteiger partial charge on any atom is -0.379 e. The summed E-state index contributed by atoms with van der Waals surface area (Å²) in [4.78, 5) is 11.9. The number of halogens is 2. The zero-order valence-corrected chi connectivity index (χ0v) is 9.91. The van der Waals surface area contributed by atoms with Gasteiger partial charge in [0.2, 0.25) is 0 Å². The van der Waals surface area contributed by atoms with Gasteiger partial charge in [0, 0.05) is 17.5 Å². The maximum atomic E-state index is 12.8. The molecule has 2 atom stereocenters. The summed E-state index contributed by atoms with van der Waals surface area (Å²) in [5, 5.41) is 0.269. The van der Waals surface area contributed by atoms with Crippen molar-refractivity contribution < 1.29 is 13.9 Å². The molecule has 2 unspecified atom stereocenters. The zero-order chi connectivity index (χ0) is 12.4. The first-order chi connectivity index (χ1) is 8.08. The van der Waals surface area contributed by atoms with E-state index >= 15 is 0 Å². The number of rotatable bonds is 3. The summed E-state index contributed by atoms with van der Waals surface area (Å²) in [6.45, 7) is 0.770. The minimum absolute atomic E-state index is 0.0106. The predicted octanol–water partition coefficient (Wildman–Crippen LogP) is 1.56. The second kappa shape index (κ2) is 5.12. The number of hydrogen-bond acceptors (Lipinski definition) is 3. The Morgan fingerprint density at radius 1 is 1.53 bits per heavy atom. The monoisotopic (exact) mass is 257 g/mol. The van der Waals surface area contributed by atoms with Crippen molar-refractivity contribution in [2.45, 2.75) is 12.5 Å². The molecule has 0 aromatic heterocycles. The van der Waals surface area contributed by atoms with Gasteiger partial charge in [-0.05, 0) is 17.7 Å². The Kier molecular flexibility index (Phi) is 3.76. The molecule has 0 spiro atoms. The Bertz CT molecular complexity index is 439. The van der Waals surface area contributed by atoms with Crippen LogP contribution in [0.4, 0.5) is 4.39 Å². The van der Waals surface area contributed by atoms with Crippen molar-refractivity contribution >= 4 is 17.4 Å². The highest BCUT2D eigenvalue weighted by molar-refractivity contribution is 6.31. The zero-order valence-electron chi connectivity index (χ0n) is 9.16. The van der Waals surface area contributed by atoms with Gasteiger partial charge in [-0.25, -0.2) is 4.39 Å². The van der Waals surface area contributed by atoms with Crippen LogP contribution in [0.25, 0.3) is 0 Å². The van der Waals surface area contributed by atoms with Gasteiger partial charge in [0.15, 0.2) is 0 Å². The largest absolute Gasteiger partial charge is 0.379 e. The molecule has 1 aliphatic heterocycles. The summed E-state index contributed by atoms with van der Waals surface area (Å²) in [5.74, 6) is -0.702. The maximum absolute atomic E-state index is 12.8. The van der Waals surface area contributed by atoms with Crippen molar-refractivity contribution in [1.82, 2.24) is 0 Å². The highest BCUT2D eigenvalue weighted by Gasteiger charge is 2.31. The fourth-order valence-corrected chi connectivity index (χ4v) is 2.12. The molecule has 0 amide bonds. The summed E-state index contributed by atoms with van der Waals surface area (Å²) >= 11 is 5.86. The number of carbonyl (C=O) groups is 1. The van der Waals surface area contributed by atoms with Gasteiger partial charge in [-0.1, -0.05) is 17.7 Å². The second-order valence-corrected chi connectivity index (χ2v) is 4.59. The summed E-state index contributed by atoms with van der Waals surface area (Å²) in [7, 11) is 0. The first-order valence-corrected chi connectivity index (χ1v) is 5.75. The topological polar surface area (TPSA) is 52.3 Å². The van der Waals surface area contributed by atoms with E-state index in [9.17, 15) is 9.18 Å². The number of nitrogens with two attached hydrogens (primary N) is 1. The standard InChI is InChI=1S/C12H13ClFNO2/c13-10-4-8(14)2-1-7(10)3-12(16)9-5-17-6-11(9)15/h1-2,4,9,11H,3,5-6,15H2. The van der Waals surface area contributed by atoms with E-state index in [4.69, 9.17) is 22.1 Å². The Balaban J connectivity index is 2.07. The van der Waals surface area contributed by atoms with E-state index in [1.165, 1.54) is 18.2 Å². The van der Waals surface area contributed by atoms with Gasteiger partial charge in [0.1, 0.15) is 11.6 Å². The molecule has 0 radical (unpaired) electrons. The molecule has 3 nitrogen and oxygen atoms in total. The van der Waals surface area contributed by atoms with Crippen LogP contribution >= 0.6 is 11.6 Å². The molecule has 1 fully saturated rings. The number of ketones is 1. The minimum atomic E-state index is -0.410. The fraction of sp³-hybridized carbons (Fsp3) is 0.417. The lowest BCUT2D eigenvalue weighted by Gasteiger charge is -2.12. The van der Waals surface area contributed by atoms with Crippen LogP contribution in [0.15, 0.2) is 18.2 Å². The van der Waals surface area contributed by atoms with Crippen LogP contribution in [0.5, 0.6) is 0 Å². The molecule has 92 valence electrons. The number of hydrogen-bond donors (Lipinski definition) is 1. The third kappa shape index (κ3) is 2.83. The van der Waals surface area contributed by atoms with E-state index in [0.717, 1.165) is 0 Å². The smallest absolute Gasteiger partial charge is 0.144 e. The van der Waals surface area contributed by atoms with E-state index in [-0.39, 0.29) is 29.2 Å². The van der Waals surface area contributed by atoms with Gasteiger partial charge in [0.25, 0.3) is 0 Å². The van der Waals surface area contributed by atoms with Crippen LogP contribution in [0, 0.1) is 11.7 Å². The molecular formula is C12H13ClFNO2. The fourth-order valence-electron chi connectivity index (χ4n) is 1.89. The van der Waals surface area contributed by atoms with Crippen LogP contribution in [0.2, 0.25) is 5.02 Å². The molecule has 1 aromatic carbocycles. The van der Waals surface area contributed by atoms with Gasteiger partial charge < -0.3 is 10.5 Å². The van der Waals surface area contributed by atoms with Gasteiger partial charge in [-0.3, -0.25) is 4.79 Å². The molecule has 17 heavy (non-hydrogen) atoms.